The molecular weight excluding hydrogens is 991 g/mol. The second-order valence-electron chi connectivity index (χ2n) is 15.7. The molecule has 19 heteroatoms. The van der Waals surface area contributed by atoms with Gasteiger partial charge in [-0.3, -0.25) is 19.6 Å². The Hall–Kier alpha value is -9.75. The van der Waals surface area contributed by atoms with Crippen molar-refractivity contribution in [1.82, 2.24) is 29.9 Å². The molecule has 0 spiro atoms. The van der Waals surface area contributed by atoms with Gasteiger partial charge in [0.15, 0.2) is 28.3 Å². The number of hydrogen-bond donors (Lipinski definition) is 4. The largest absolute Gasteiger partial charge is 0.497 e. The van der Waals surface area contributed by atoms with Crippen molar-refractivity contribution < 1.29 is 37.3 Å². The minimum absolute atomic E-state index is 0. The number of benzene rings is 6. The van der Waals surface area contributed by atoms with Crippen molar-refractivity contribution in [2.24, 2.45) is 0 Å². The van der Waals surface area contributed by atoms with E-state index in [1.165, 1.54) is 54.7 Å². The predicted octanol–water partition coefficient (Wildman–Crippen LogP) is 13.9. The Morgan fingerprint density at radius 1 is 0.513 bits per heavy atom. The average Bonchev–Trinajstić information content (AvgIpc) is 3.43. The summed E-state index contributed by atoms with van der Waals surface area (Å²) in [4.78, 5) is 51.1. The molecule has 4 heterocycles. The summed E-state index contributed by atoms with van der Waals surface area (Å²) in [5.41, 5.74) is 3.78. The molecule has 0 bridgehead atoms. The van der Waals surface area contributed by atoms with E-state index in [-0.39, 0.29) is 49.1 Å². The average molecular weight is 1040 g/mol. The Morgan fingerprint density at radius 2 is 1.00 bits per heavy atom. The highest BCUT2D eigenvalue weighted by Gasteiger charge is 2.19. The first kappa shape index (κ1) is 54.0. The number of carbonyl (C=O) groups excluding carboxylic acids is 2. The second kappa shape index (κ2) is 25.3. The number of thioether (sulfide) groups is 1. The fourth-order valence-electron chi connectivity index (χ4n) is 7.23. The molecule has 6 aromatic carbocycles. The minimum atomic E-state index is -0.595. The van der Waals surface area contributed by atoms with Crippen LogP contribution in [-0.2, 0) is 0 Å². The van der Waals surface area contributed by atoms with Gasteiger partial charge < -0.3 is 40.2 Å². The van der Waals surface area contributed by atoms with Crippen LogP contribution in [0.25, 0.3) is 21.8 Å². The van der Waals surface area contributed by atoms with Crippen LogP contribution in [0.15, 0.2) is 182 Å². The molecule has 4 aromatic heterocycles. The van der Waals surface area contributed by atoms with E-state index in [0.29, 0.717) is 61.9 Å². The standard InChI is InChI=1S/C28H22FN5O3S.C27H20FN5O3.2CH4/c1-36-19-9-10-20-23(15-19)30-13-12-24(20)37-25-11-8-18(14-22(25)29)32-26-21(16-31-28(34-26)38-2)27(35)33-17-6-4-3-5-7-17;1-35-19-8-9-20-23(14-19)30-12-11-24(20)36-25-10-7-18(13-22(25)28)32-26-21(15-29-16-31-26)27(34)33-17-5-3-2-4-6-17;;/h3-16H,1-2H3,(H,33,35)(H,31,32,34);2-16H,1H3,(H,33,34)(H,29,31,32);2*1H4. The van der Waals surface area contributed by atoms with E-state index >= 15 is 4.39 Å². The number of hydrogen-bond acceptors (Lipinski definition) is 15. The minimum Gasteiger partial charge on any atom is -0.497 e. The van der Waals surface area contributed by atoms with Crippen molar-refractivity contribution in [2.45, 2.75) is 20.0 Å². The van der Waals surface area contributed by atoms with Crippen LogP contribution in [0.2, 0.25) is 0 Å². The third-order valence-corrected chi connectivity index (χ3v) is 11.4. The lowest BCUT2D eigenvalue weighted by molar-refractivity contribution is 0.101. The maximum Gasteiger partial charge on any atom is 0.261 e. The highest BCUT2D eigenvalue weighted by atomic mass is 32.2. The Morgan fingerprint density at radius 3 is 1.47 bits per heavy atom. The molecule has 10 rings (SSSR count). The summed E-state index contributed by atoms with van der Waals surface area (Å²) in [6.07, 6.45) is 9.14. The first-order valence-corrected chi connectivity index (χ1v) is 23.7. The van der Waals surface area contributed by atoms with Gasteiger partial charge in [-0.1, -0.05) is 63.0 Å². The maximum atomic E-state index is 15.1. The zero-order chi connectivity index (χ0) is 51.4. The molecule has 384 valence electrons. The molecule has 76 heavy (non-hydrogen) atoms. The lowest BCUT2D eigenvalue weighted by atomic mass is 10.2. The van der Waals surface area contributed by atoms with Crippen LogP contribution in [-0.4, -0.2) is 62.2 Å². The van der Waals surface area contributed by atoms with Gasteiger partial charge in [0.25, 0.3) is 11.8 Å². The second-order valence-corrected chi connectivity index (χ2v) is 16.4. The number of nitrogens with zero attached hydrogens (tertiary/aromatic N) is 6. The lowest BCUT2D eigenvalue weighted by Crippen LogP contribution is -2.15. The topological polar surface area (TPSA) is 197 Å². The molecule has 0 aliphatic carbocycles. The third-order valence-electron chi connectivity index (χ3n) is 10.9. The van der Waals surface area contributed by atoms with Crippen molar-refractivity contribution in [3.05, 3.63) is 199 Å². The number of pyridine rings is 2. The van der Waals surface area contributed by atoms with Crippen molar-refractivity contribution >= 4 is 79.8 Å². The summed E-state index contributed by atoms with van der Waals surface area (Å²) < 4.78 is 52.3. The number of methoxy groups -OCH3 is 2. The van der Waals surface area contributed by atoms with Gasteiger partial charge in [0, 0.05) is 82.6 Å². The Balaban J connectivity index is 0.000000216. The Kier molecular flexibility index (Phi) is 18.0. The number of aromatic nitrogens is 6. The molecule has 0 saturated carbocycles. The zero-order valence-corrected chi connectivity index (χ0v) is 40.4. The van der Waals surface area contributed by atoms with Gasteiger partial charge in [-0.15, -0.1) is 0 Å². The van der Waals surface area contributed by atoms with Gasteiger partial charge in [0.1, 0.15) is 52.1 Å². The van der Waals surface area contributed by atoms with Gasteiger partial charge in [-0.25, -0.2) is 28.7 Å². The molecule has 0 unspecified atom stereocenters. The van der Waals surface area contributed by atoms with E-state index in [9.17, 15) is 14.0 Å². The van der Waals surface area contributed by atoms with Crippen molar-refractivity contribution in [1.29, 1.82) is 0 Å². The molecule has 16 nitrogen and oxygen atoms in total. The van der Waals surface area contributed by atoms with E-state index in [4.69, 9.17) is 18.9 Å². The Bertz CT molecular complexity index is 3640. The molecule has 0 fully saturated rings. The fourth-order valence-corrected chi connectivity index (χ4v) is 7.57. The summed E-state index contributed by atoms with van der Waals surface area (Å²) in [5, 5.41) is 13.5. The zero-order valence-electron chi connectivity index (χ0n) is 39.5. The van der Waals surface area contributed by atoms with E-state index in [0.717, 1.165) is 10.8 Å². The van der Waals surface area contributed by atoms with Gasteiger partial charge >= 0.3 is 0 Å². The number of halogens is 2. The normalized spacial score (nSPS) is 10.4. The van der Waals surface area contributed by atoms with Gasteiger partial charge in [-0.05, 0) is 91.2 Å². The molecule has 0 atom stereocenters. The number of amides is 2. The summed E-state index contributed by atoms with van der Waals surface area (Å²) in [7, 11) is 3.15. The molecular formula is C57H50F2N10O6S. The first-order valence-electron chi connectivity index (χ1n) is 22.4. The summed E-state index contributed by atoms with van der Waals surface area (Å²) in [6.45, 7) is 0. The highest BCUT2D eigenvalue weighted by Crippen LogP contribution is 2.36. The number of rotatable bonds is 15. The van der Waals surface area contributed by atoms with Crippen molar-refractivity contribution in [3.63, 3.8) is 0 Å². The van der Waals surface area contributed by atoms with Crippen LogP contribution < -0.4 is 40.2 Å². The summed E-state index contributed by atoms with van der Waals surface area (Å²) in [5.74, 6) is 0.813. The van der Waals surface area contributed by atoms with Gasteiger partial charge in [0.2, 0.25) is 0 Å². The first-order chi connectivity index (χ1) is 36.1. The number of carbonyl (C=O) groups is 2. The monoisotopic (exact) mass is 1040 g/mol. The SMILES string of the molecule is C.C.COc1ccc2c(Oc3ccc(Nc4nc(SC)ncc4C(=O)Nc4ccccc4)cc3F)ccnc2c1.COc1ccc2c(Oc3ccc(Nc4ncncc4C(=O)Nc4ccccc4)cc3F)ccnc2c1. The third kappa shape index (κ3) is 13.1. The van der Waals surface area contributed by atoms with Crippen LogP contribution >= 0.6 is 11.8 Å². The highest BCUT2D eigenvalue weighted by molar-refractivity contribution is 7.98. The van der Waals surface area contributed by atoms with Crippen molar-refractivity contribution in [3.8, 4) is 34.5 Å². The molecule has 2 amide bonds. The van der Waals surface area contributed by atoms with E-state index in [1.54, 1.807) is 99.4 Å². The smallest absolute Gasteiger partial charge is 0.261 e. The number of para-hydroxylation sites is 2. The van der Waals surface area contributed by atoms with Crippen molar-refractivity contribution in [2.75, 3.05) is 41.7 Å². The van der Waals surface area contributed by atoms with E-state index < -0.39 is 23.4 Å². The molecule has 0 saturated heterocycles. The predicted molar refractivity (Wildman–Crippen MR) is 294 cm³/mol. The molecule has 0 aliphatic heterocycles. The quantitative estimate of drug-likeness (QED) is 0.0558. The molecule has 4 N–H and O–H groups in total. The number of anilines is 6. The summed E-state index contributed by atoms with van der Waals surface area (Å²) >= 11 is 1.33. The number of nitrogens with one attached hydrogen (secondary N) is 4. The van der Waals surface area contributed by atoms with Gasteiger partial charge in [-0.2, -0.15) is 0 Å². The lowest BCUT2D eigenvalue weighted by Gasteiger charge is -2.14. The van der Waals surface area contributed by atoms with Crippen LogP contribution in [0.3, 0.4) is 0 Å². The van der Waals surface area contributed by atoms with E-state index in [1.807, 2.05) is 54.8 Å². The summed E-state index contributed by atoms with van der Waals surface area (Å²) in [6, 6.07) is 41.0. The number of ether oxygens (including phenoxy) is 4. The Labute approximate surface area is 441 Å². The van der Waals surface area contributed by atoms with Crippen LogP contribution in [0.5, 0.6) is 34.5 Å². The number of fused-ring (bicyclic) bond motifs is 2. The van der Waals surface area contributed by atoms with Crippen LogP contribution in [0.4, 0.5) is 43.2 Å². The molecule has 10 aromatic rings. The maximum absolute atomic E-state index is 15.1. The molecule has 0 radical (unpaired) electrons. The van der Waals surface area contributed by atoms with E-state index in [2.05, 4.69) is 51.2 Å². The van der Waals surface area contributed by atoms with Gasteiger partial charge in [0.05, 0.1) is 25.3 Å². The molecule has 0 aliphatic rings. The van der Waals surface area contributed by atoms with Crippen LogP contribution in [0.1, 0.15) is 35.6 Å². The van der Waals surface area contributed by atoms with Crippen LogP contribution in [0, 0.1) is 11.6 Å². The fraction of sp³-hybridized carbons (Fsp3) is 0.0877.